The number of benzene rings is 2. The van der Waals surface area contributed by atoms with Crippen molar-refractivity contribution in [3.05, 3.63) is 48.0 Å². The van der Waals surface area contributed by atoms with E-state index in [2.05, 4.69) is 29.6 Å². The Kier molecular flexibility index (Phi) is 4.30. The minimum atomic E-state index is -1.07. The first-order valence-electron chi connectivity index (χ1n) is 7.62. The molecule has 120 valence electrons. The summed E-state index contributed by atoms with van der Waals surface area (Å²) in [6, 6.07) is 14.3. The fraction of sp³-hybridized carbons (Fsp3) is 0.333. The fourth-order valence-corrected chi connectivity index (χ4v) is 3.00. The van der Waals surface area contributed by atoms with E-state index in [1.54, 1.807) is 0 Å². The first-order valence-corrected chi connectivity index (χ1v) is 7.62. The van der Waals surface area contributed by atoms with Crippen LogP contribution in [0.1, 0.15) is 17.9 Å². The van der Waals surface area contributed by atoms with E-state index in [4.69, 9.17) is 9.84 Å². The molecule has 23 heavy (non-hydrogen) atoms. The van der Waals surface area contributed by atoms with Gasteiger partial charge in [0.1, 0.15) is 0 Å². The van der Waals surface area contributed by atoms with Crippen LogP contribution in [0.2, 0.25) is 0 Å². The van der Waals surface area contributed by atoms with Gasteiger partial charge in [-0.2, -0.15) is 0 Å². The molecule has 0 aliphatic heterocycles. The standard InChI is InChI=1S/C18H19NO4/c1-23-16(18(21)22)10-19-17(20)15-9-14(15)13-8-4-6-11-5-2-3-7-12(11)13/h2-8,14-16H,9-10H2,1H3,(H,19,20)(H,21,22). The highest BCUT2D eigenvalue weighted by Crippen LogP contribution is 2.49. The SMILES string of the molecule is COC(CNC(=O)C1CC1c1cccc2ccccc12)C(=O)O. The lowest BCUT2D eigenvalue weighted by molar-refractivity contribution is -0.148. The minimum absolute atomic E-state index is 0.0105. The maximum Gasteiger partial charge on any atom is 0.334 e. The maximum absolute atomic E-state index is 12.2. The van der Waals surface area contributed by atoms with Gasteiger partial charge < -0.3 is 15.2 Å². The molecule has 1 aliphatic carbocycles. The first-order chi connectivity index (χ1) is 11.1. The van der Waals surface area contributed by atoms with Crippen LogP contribution < -0.4 is 5.32 Å². The molecular formula is C18H19NO4. The number of ether oxygens (including phenoxy) is 1. The number of rotatable bonds is 6. The molecule has 5 nitrogen and oxygen atoms in total. The van der Waals surface area contributed by atoms with E-state index < -0.39 is 12.1 Å². The van der Waals surface area contributed by atoms with Crippen LogP contribution in [-0.4, -0.2) is 36.7 Å². The third kappa shape index (κ3) is 3.19. The van der Waals surface area contributed by atoms with Crippen molar-refractivity contribution in [2.24, 2.45) is 5.92 Å². The lowest BCUT2D eigenvalue weighted by Gasteiger charge is -2.11. The van der Waals surface area contributed by atoms with Crippen LogP contribution in [0.25, 0.3) is 10.8 Å². The number of aliphatic carboxylic acids is 1. The van der Waals surface area contributed by atoms with Crippen molar-refractivity contribution in [1.29, 1.82) is 0 Å². The summed E-state index contributed by atoms with van der Waals surface area (Å²) in [5, 5.41) is 13.9. The largest absolute Gasteiger partial charge is 0.479 e. The van der Waals surface area contributed by atoms with Crippen molar-refractivity contribution in [1.82, 2.24) is 5.32 Å². The summed E-state index contributed by atoms with van der Waals surface area (Å²) >= 11 is 0. The van der Waals surface area contributed by atoms with Crippen molar-refractivity contribution in [2.75, 3.05) is 13.7 Å². The molecule has 3 rings (SSSR count). The van der Waals surface area contributed by atoms with Crippen LogP contribution in [0.4, 0.5) is 0 Å². The van der Waals surface area contributed by atoms with Crippen molar-refractivity contribution in [2.45, 2.75) is 18.4 Å². The van der Waals surface area contributed by atoms with Gasteiger partial charge in [0.15, 0.2) is 6.10 Å². The summed E-state index contributed by atoms with van der Waals surface area (Å²) in [6.07, 6.45) is -0.210. The molecule has 1 amide bonds. The van der Waals surface area contributed by atoms with Gasteiger partial charge in [-0.15, -0.1) is 0 Å². The van der Waals surface area contributed by atoms with Gasteiger partial charge in [0, 0.05) is 13.0 Å². The normalized spacial score (nSPS) is 20.9. The van der Waals surface area contributed by atoms with Gasteiger partial charge >= 0.3 is 5.97 Å². The zero-order valence-electron chi connectivity index (χ0n) is 12.9. The zero-order valence-corrected chi connectivity index (χ0v) is 12.9. The van der Waals surface area contributed by atoms with E-state index in [9.17, 15) is 9.59 Å². The second-order valence-electron chi connectivity index (χ2n) is 5.82. The second-order valence-corrected chi connectivity index (χ2v) is 5.82. The Morgan fingerprint density at radius 2 is 2.00 bits per heavy atom. The number of amides is 1. The Labute approximate surface area is 134 Å². The Balaban J connectivity index is 1.67. The summed E-state index contributed by atoms with van der Waals surface area (Å²) in [4.78, 5) is 23.1. The van der Waals surface area contributed by atoms with Crippen molar-refractivity contribution in [3.8, 4) is 0 Å². The zero-order chi connectivity index (χ0) is 16.4. The summed E-state index contributed by atoms with van der Waals surface area (Å²) in [6.45, 7) is -0.0105. The molecule has 2 N–H and O–H groups in total. The number of carboxylic acids is 1. The third-order valence-electron chi connectivity index (χ3n) is 4.37. The number of carboxylic acid groups (broad SMARTS) is 1. The smallest absolute Gasteiger partial charge is 0.334 e. The average Bonchev–Trinajstić information content (AvgIpc) is 3.35. The molecule has 0 spiro atoms. The van der Waals surface area contributed by atoms with Gasteiger partial charge in [0.25, 0.3) is 0 Å². The molecule has 0 radical (unpaired) electrons. The lowest BCUT2D eigenvalue weighted by atomic mass is 10.00. The Morgan fingerprint density at radius 3 is 2.74 bits per heavy atom. The maximum atomic E-state index is 12.2. The Bertz CT molecular complexity index is 737. The number of hydrogen-bond donors (Lipinski definition) is 2. The van der Waals surface area contributed by atoms with E-state index in [1.807, 2.05) is 18.2 Å². The Morgan fingerprint density at radius 1 is 1.26 bits per heavy atom. The van der Waals surface area contributed by atoms with Crippen LogP contribution in [0.15, 0.2) is 42.5 Å². The number of fused-ring (bicyclic) bond motifs is 1. The van der Waals surface area contributed by atoms with E-state index in [-0.39, 0.29) is 24.3 Å². The van der Waals surface area contributed by atoms with Crippen LogP contribution in [0.5, 0.6) is 0 Å². The molecule has 2 aromatic rings. The van der Waals surface area contributed by atoms with Gasteiger partial charge in [-0.05, 0) is 28.7 Å². The fourth-order valence-electron chi connectivity index (χ4n) is 3.00. The number of carbonyl (C=O) groups excluding carboxylic acids is 1. The Hall–Kier alpha value is -2.40. The predicted molar refractivity (Wildman–Crippen MR) is 86.2 cm³/mol. The minimum Gasteiger partial charge on any atom is -0.479 e. The van der Waals surface area contributed by atoms with Crippen molar-refractivity contribution >= 4 is 22.6 Å². The molecule has 1 aliphatic rings. The van der Waals surface area contributed by atoms with Crippen molar-refractivity contribution in [3.63, 3.8) is 0 Å². The molecule has 3 atom stereocenters. The van der Waals surface area contributed by atoms with Crippen LogP contribution in [0, 0.1) is 5.92 Å². The molecule has 5 heteroatoms. The quantitative estimate of drug-likeness (QED) is 0.857. The van der Waals surface area contributed by atoms with E-state index >= 15 is 0 Å². The molecule has 0 aromatic heterocycles. The highest BCUT2D eigenvalue weighted by atomic mass is 16.5. The highest BCUT2D eigenvalue weighted by molar-refractivity contribution is 5.89. The molecule has 2 aromatic carbocycles. The molecular weight excluding hydrogens is 294 g/mol. The van der Waals surface area contributed by atoms with Crippen LogP contribution in [-0.2, 0) is 14.3 Å². The van der Waals surface area contributed by atoms with E-state index in [0.29, 0.717) is 0 Å². The van der Waals surface area contributed by atoms with Crippen LogP contribution in [0.3, 0.4) is 0 Å². The molecule has 3 unspecified atom stereocenters. The van der Waals surface area contributed by atoms with Gasteiger partial charge in [0.05, 0.1) is 6.54 Å². The molecule has 0 saturated heterocycles. The van der Waals surface area contributed by atoms with E-state index in [1.165, 1.54) is 23.4 Å². The van der Waals surface area contributed by atoms with Gasteiger partial charge in [-0.1, -0.05) is 42.5 Å². The number of carbonyl (C=O) groups is 2. The summed E-state index contributed by atoms with van der Waals surface area (Å²) in [7, 11) is 1.32. The first kappa shape index (κ1) is 15.5. The highest BCUT2D eigenvalue weighted by Gasteiger charge is 2.44. The molecule has 0 heterocycles. The van der Waals surface area contributed by atoms with Gasteiger partial charge in [0.2, 0.25) is 5.91 Å². The number of hydrogen-bond acceptors (Lipinski definition) is 3. The number of methoxy groups -OCH3 is 1. The topological polar surface area (TPSA) is 75.6 Å². The van der Waals surface area contributed by atoms with Gasteiger partial charge in [-0.25, -0.2) is 4.79 Å². The summed E-state index contributed by atoms with van der Waals surface area (Å²) in [5.41, 5.74) is 1.18. The summed E-state index contributed by atoms with van der Waals surface area (Å²) < 4.78 is 4.82. The number of nitrogens with one attached hydrogen (secondary N) is 1. The van der Waals surface area contributed by atoms with Crippen molar-refractivity contribution < 1.29 is 19.4 Å². The van der Waals surface area contributed by atoms with Crippen LogP contribution >= 0.6 is 0 Å². The monoisotopic (exact) mass is 313 g/mol. The lowest BCUT2D eigenvalue weighted by Crippen LogP contribution is -2.38. The summed E-state index contributed by atoms with van der Waals surface area (Å²) in [5.74, 6) is -1.07. The molecule has 1 saturated carbocycles. The second kappa shape index (κ2) is 6.38. The third-order valence-corrected chi connectivity index (χ3v) is 4.37. The molecule has 0 bridgehead atoms. The van der Waals surface area contributed by atoms with Gasteiger partial charge in [-0.3, -0.25) is 4.79 Å². The predicted octanol–water partition coefficient (Wildman–Crippen LogP) is 2.16. The molecule has 1 fully saturated rings. The average molecular weight is 313 g/mol. The van der Waals surface area contributed by atoms with E-state index in [0.717, 1.165) is 6.42 Å².